The lowest BCUT2D eigenvalue weighted by atomic mass is 9.92. The third-order valence-electron chi connectivity index (χ3n) is 4.50. The predicted octanol–water partition coefficient (Wildman–Crippen LogP) is 4.02. The Labute approximate surface area is 184 Å². The third-order valence-corrected chi connectivity index (χ3v) is 4.94. The van der Waals surface area contributed by atoms with Crippen LogP contribution in [0.1, 0.15) is 17.9 Å². The second-order valence-corrected chi connectivity index (χ2v) is 7.63. The number of carbonyl (C=O) groups excluding carboxylic acids is 2. The number of aromatic nitrogens is 2. The normalized spacial score (nSPS) is 15.1. The molecule has 31 heavy (non-hydrogen) atoms. The predicted molar refractivity (Wildman–Crippen MR) is 116 cm³/mol. The smallest absolute Gasteiger partial charge is 0.258 e. The van der Waals surface area contributed by atoms with Crippen molar-refractivity contribution < 1.29 is 14.0 Å². The number of halogens is 3. The van der Waals surface area contributed by atoms with E-state index in [1.54, 1.807) is 0 Å². The molecule has 11 heteroatoms. The van der Waals surface area contributed by atoms with E-state index in [1.165, 1.54) is 42.5 Å². The molecule has 158 valence electrons. The monoisotopic (exact) mass is 461 g/mol. The van der Waals surface area contributed by atoms with E-state index in [-0.39, 0.29) is 23.8 Å². The number of anilines is 4. The number of nitrogens with one attached hydrogen (secondary N) is 4. The molecule has 0 unspecified atom stereocenters. The molecule has 8 nitrogen and oxygen atoms in total. The highest BCUT2D eigenvalue weighted by atomic mass is 35.5. The molecule has 3 aromatic rings. The number of nitrogens with zero attached hydrogens (tertiary/aromatic N) is 1. The first kappa shape index (κ1) is 20.8. The fraction of sp³-hybridized carbons (Fsp3) is 0.100. The minimum absolute atomic E-state index is 0.0230. The lowest BCUT2D eigenvalue weighted by Gasteiger charge is -2.23. The third kappa shape index (κ3) is 4.68. The van der Waals surface area contributed by atoms with Crippen LogP contribution in [0.3, 0.4) is 0 Å². The number of fused-ring (bicyclic) bond motifs is 1. The van der Waals surface area contributed by atoms with Crippen LogP contribution in [0.2, 0.25) is 10.0 Å². The van der Waals surface area contributed by atoms with Gasteiger partial charge in [0, 0.05) is 27.8 Å². The van der Waals surface area contributed by atoms with Crippen LogP contribution in [-0.2, 0) is 9.59 Å². The van der Waals surface area contributed by atoms with Crippen LogP contribution in [-0.4, -0.2) is 21.8 Å². The largest absolute Gasteiger partial charge is 0.326 e. The van der Waals surface area contributed by atoms with Crippen molar-refractivity contribution in [2.45, 2.75) is 12.3 Å². The van der Waals surface area contributed by atoms with Crippen molar-refractivity contribution in [2.24, 2.45) is 0 Å². The summed E-state index contributed by atoms with van der Waals surface area (Å²) in [4.78, 5) is 44.5. The van der Waals surface area contributed by atoms with Gasteiger partial charge in [0.25, 0.3) is 5.56 Å². The second-order valence-electron chi connectivity index (χ2n) is 6.76. The van der Waals surface area contributed by atoms with Gasteiger partial charge in [-0.25, -0.2) is 4.39 Å². The van der Waals surface area contributed by atoms with E-state index in [0.717, 1.165) is 0 Å². The molecule has 2 heterocycles. The maximum absolute atomic E-state index is 13.1. The quantitative estimate of drug-likeness (QED) is 0.468. The van der Waals surface area contributed by atoms with Crippen molar-refractivity contribution in [1.82, 2.24) is 9.97 Å². The summed E-state index contributed by atoms with van der Waals surface area (Å²) in [7, 11) is 0. The van der Waals surface area contributed by atoms with Crippen LogP contribution in [0.15, 0.2) is 47.3 Å². The lowest BCUT2D eigenvalue weighted by molar-refractivity contribution is -0.123. The van der Waals surface area contributed by atoms with Crippen LogP contribution in [0.25, 0.3) is 0 Å². The molecule has 1 aromatic heterocycles. The van der Waals surface area contributed by atoms with E-state index in [4.69, 9.17) is 23.2 Å². The molecule has 0 spiro atoms. The summed E-state index contributed by atoms with van der Waals surface area (Å²) in [6, 6.07) is 9.89. The first-order valence-electron chi connectivity index (χ1n) is 9.02. The van der Waals surface area contributed by atoms with Gasteiger partial charge in [-0.2, -0.15) is 4.98 Å². The SMILES string of the molecule is O=C1C[C@H](C(=O)Nc2cc(Cl)cc(Cl)c2)c2c(nc(Nc3ccc(F)cc3)[nH]c2=O)N1. The van der Waals surface area contributed by atoms with Gasteiger partial charge in [-0.3, -0.25) is 19.4 Å². The average Bonchev–Trinajstić information content (AvgIpc) is 2.68. The molecule has 0 saturated heterocycles. The molecule has 1 atom stereocenters. The lowest BCUT2D eigenvalue weighted by Crippen LogP contribution is -2.36. The Balaban J connectivity index is 1.64. The Morgan fingerprint density at radius 2 is 1.74 bits per heavy atom. The summed E-state index contributed by atoms with van der Waals surface area (Å²) in [5, 5.41) is 8.59. The maximum atomic E-state index is 13.1. The first-order chi connectivity index (χ1) is 14.8. The fourth-order valence-corrected chi connectivity index (χ4v) is 3.71. The standard InChI is InChI=1S/C20H14Cl2FN5O3/c21-9-5-10(22)7-13(6-9)24-18(30)14-8-15(29)26-17-16(14)19(31)28-20(27-17)25-12-3-1-11(23)2-4-12/h1-7,14H,8H2,(H,24,30)(H3,25,26,27,28,29,31)/t14-/m0/s1. The summed E-state index contributed by atoms with van der Waals surface area (Å²) < 4.78 is 13.1. The molecule has 1 aliphatic heterocycles. The Kier molecular flexibility index (Phi) is 5.62. The van der Waals surface area contributed by atoms with Crippen molar-refractivity contribution in [1.29, 1.82) is 0 Å². The molecular weight excluding hydrogens is 448 g/mol. The zero-order valence-electron chi connectivity index (χ0n) is 15.6. The summed E-state index contributed by atoms with van der Waals surface area (Å²) in [5.41, 5.74) is 0.224. The van der Waals surface area contributed by atoms with Gasteiger partial charge in [-0.15, -0.1) is 0 Å². The minimum atomic E-state index is -1.07. The molecule has 0 aliphatic carbocycles. The van der Waals surface area contributed by atoms with E-state index in [0.29, 0.717) is 21.4 Å². The number of hydrogen-bond donors (Lipinski definition) is 4. The molecular formula is C20H14Cl2FN5O3. The summed E-state index contributed by atoms with van der Waals surface area (Å²) in [6.07, 6.45) is -0.234. The highest BCUT2D eigenvalue weighted by molar-refractivity contribution is 6.35. The molecule has 0 fully saturated rings. The van der Waals surface area contributed by atoms with Crippen molar-refractivity contribution >= 4 is 58.2 Å². The summed E-state index contributed by atoms with van der Waals surface area (Å²) >= 11 is 11.9. The van der Waals surface area contributed by atoms with Crippen LogP contribution >= 0.6 is 23.2 Å². The number of benzene rings is 2. The molecule has 2 amide bonds. The van der Waals surface area contributed by atoms with E-state index in [2.05, 4.69) is 25.9 Å². The Hall–Kier alpha value is -3.43. The molecule has 1 aliphatic rings. The van der Waals surface area contributed by atoms with Gasteiger partial charge in [0.2, 0.25) is 17.8 Å². The fourth-order valence-electron chi connectivity index (χ4n) is 3.18. The van der Waals surface area contributed by atoms with E-state index in [1.807, 2.05) is 0 Å². The van der Waals surface area contributed by atoms with Gasteiger partial charge >= 0.3 is 0 Å². The van der Waals surface area contributed by atoms with Gasteiger partial charge in [-0.1, -0.05) is 23.2 Å². The van der Waals surface area contributed by atoms with Gasteiger partial charge in [0.05, 0.1) is 11.5 Å². The van der Waals surface area contributed by atoms with Crippen molar-refractivity contribution in [3.63, 3.8) is 0 Å². The molecule has 0 saturated carbocycles. The van der Waals surface area contributed by atoms with Crippen LogP contribution < -0.4 is 21.5 Å². The van der Waals surface area contributed by atoms with Crippen molar-refractivity contribution in [3.05, 3.63) is 74.2 Å². The molecule has 0 bridgehead atoms. The first-order valence-corrected chi connectivity index (χ1v) is 9.78. The Bertz CT molecular complexity index is 1230. The number of amides is 2. The van der Waals surface area contributed by atoms with Crippen molar-refractivity contribution in [2.75, 3.05) is 16.0 Å². The Morgan fingerprint density at radius 1 is 1.06 bits per heavy atom. The van der Waals surface area contributed by atoms with Crippen LogP contribution in [0.4, 0.5) is 27.5 Å². The van der Waals surface area contributed by atoms with Crippen LogP contribution in [0, 0.1) is 5.82 Å². The molecule has 4 N–H and O–H groups in total. The van der Waals surface area contributed by atoms with E-state index in [9.17, 15) is 18.8 Å². The molecule has 2 aromatic carbocycles. The number of rotatable bonds is 4. The zero-order valence-corrected chi connectivity index (χ0v) is 17.1. The Morgan fingerprint density at radius 3 is 2.42 bits per heavy atom. The number of carbonyl (C=O) groups is 2. The molecule has 4 rings (SSSR count). The molecule has 0 radical (unpaired) electrons. The summed E-state index contributed by atoms with van der Waals surface area (Å²) in [6.45, 7) is 0. The van der Waals surface area contributed by atoms with Gasteiger partial charge < -0.3 is 16.0 Å². The van der Waals surface area contributed by atoms with Gasteiger partial charge in [0.1, 0.15) is 11.6 Å². The average molecular weight is 462 g/mol. The maximum Gasteiger partial charge on any atom is 0.258 e. The highest BCUT2D eigenvalue weighted by Gasteiger charge is 2.34. The number of aromatic amines is 1. The van der Waals surface area contributed by atoms with Crippen LogP contribution in [0.5, 0.6) is 0 Å². The van der Waals surface area contributed by atoms with Gasteiger partial charge in [0.15, 0.2) is 0 Å². The summed E-state index contributed by atoms with van der Waals surface area (Å²) in [5.74, 6) is -2.55. The van der Waals surface area contributed by atoms with Gasteiger partial charge in [-0.05, 0) is 42.5 Å². The number of H-pyrrole nitrogens is 1. The zero-order chi connectivity index (χ0) is 22.1. The second kappa shape index (κ2) is 8.37. The number of hydrogen-bond acceptors (Lipinski definition) is 5. The topological polar surface area (TPSA) is 116 Å². The van der Waals surface area contributed by atoms with Crippen molar-refractivity contribution in [3.8, 4) is 0 Å². The van der Waals surface area contributed by atoms with E-state index >= 15 is 0 Å². The highest BCUT2D eigenvalue weighted by Crippen LogP contribution is 2.31. The minimum Gasteiger partial charge on any atom is -0.326 e. The van der Waals surface area contributed by atoms with E-state index < -0.39 is 29.1 Å².